The van der Waals surface area contributed by atoms with Crippen molar-refractivity contribution in [2.24, 2.45) is 0 Å². The summed E-state index contributed by atoms with van der Waals surface area (Å²) in [5, 5.41) is 5.43. The smallest absolute Gasteiger partial charge is 0.260 e. The molecule has 1 amide bonds. The lowest BCUT2D eigenvalue weighted by Crippen LogP contribution is -2.11. The first-order valence-electron chi connectivity index (χ1n) is 7.77. The third-order valence-corrected chi connectivity index (χ3v) is 4.70. The first kappa shape index (κ1) is 16.5. The van der Waals surface area contributed by atoms with Gasteiger partial charge in [0.05, 0.1) is 11.3 Å². The molecule has 0 atom stereocenters. The number of amides is 1. The van der Waals surface area contributed by atoms with E-state index in [-0.39, 0.29) is 5.91 Å². The van der Waals surface area contributed by atoms with E-state index in [2.05, 4.69) is 43.2 Å². The summed E-state index contributed by atoms with van der Waals surface area (Å²) in [5.74, 6) is 1.15. The molecule has 0 spiro atoms. The van der Waals surface area contributed by atoms with E-state index in [1.54, 1.807) is 13.0 Å². The Morgan fingerprint density at radius 3 is 2.33 bits per heavy atom. The van der Waals surface area contributed by atoms with Crippen LogP contribution in [0.15, 0.2) is 28.0 Å². The van der Waals surface area contributed by atoms with Gasteiger partial charge in [-0.2, -0.15) is 0 Å². The van der Waals surface area contributed by atoms with Crippen molar-refractivity contribution in [2.45, 2.75) is 34.6 Å². The van der Waals surface area contributed by atoms with Gasteiger partial charge in [0.2, 0.25) is 0 Å². The first-order chi connectivity index (χ1) is 11.3. The minimum Gasteiger partial charge on any atom is -0.466 e. The van der Waals surface area contributed by atoms with Gasteiger partial charge in [0.15, 0.2) is 5.13 Å². The van der Waals surface area contributed by atoms with Crippen molar-refractivity contribution in [3.05, 3.63) is 57.4 Å². The van der Waals surface area contributed by atoms with E-state index in [0.29, 0.717) is 16.5 Å². The molecule has 0 saturated heterocycles. The Kier molecular flexibility index (Phi) is 4.28. The van der Waals surface area contributed by atoms with Crippen molar-refractivity contribution in [2.75, 3.05) is 5.32 Å². The predicted octanol–water partition coefficient (Wildman–Crippen LogP) is 5.20. The molecule has 0 unspecified atom stereocenters. The summed E-state index contributed by atoms with van der Waals surface area (Å²) in [7, 11) is 0. The van der Waals surface area contributed by atoms with Gasteiger partial charge >= 0.3 is 0 Å². The molecule has 0 fully saturated rings. The van der Waals surface area contributed by atoms with Crippen molar-refractivity contribution < 1.29 is 9.21 Å². The lowest BCUT2D eigenvalue weighted by molar-refractivity contribution is 0.102. The molecule has 1 N–H and O–H groups in total. The molecule has 3 rings (SSSR count). The standard InChI is InChI=1S/C19H20N2O2S/c1-10-6-11(2)17(12(3)7-10)16-9-24-19(20-16)21-18(22)15-8-13(4)23-14(15)5/h6-9H,1-5H3,(H,20,21,22). The highest BCUT2D eigenvalue weighted by Crippen LogP contribution is 2.31. The molecule has 0 bridgehead atoms. The number of carbonyl (C=O) groups excluding carboxylic acids is 1. The molecule has 24 heavy (non-hydrogen) atoms. The molecule has 1 aromatic carbocycles. The fourth-order valence-corrected chi connectivity index (χ4v) is 3.75. The van der Waals surface area contributed by atoms with E-state index in [1.807, 2.05) is 12.3 Å². The van der Waals surface area contributed by atoms with E-state index in [9.17, 15) is 4.79 Å². The molecule has 124 valence electrons. The Bertz CT molecular complexity index is 898. The van der Waals surface area contributed by atoms with Crippen LogP contribution in [-0.2, 0) is 0 Å². The minimum atomic E-state index is -0.192. The monoisotopic (exact) mass is 340 g/mol. The zero-order valence-corrected chi connectivity index (χ0v) is 15.3. The van der Waals surface area contributed by atoms with Gasteiger partial charge in [-0.25, -0.2) is 4.98 Å². The number of aryl methyl sites for hydroxylation is 5. The number of hydrogen-bond acceptors (Lipinski definition) is 4. The van der Waals surface area contributed by atoms with E-state index >= 15 is 0 Å². The normalized spacial score (nSPS) is 10.9. The number of thiazole rings is 1. The van der Waals surface area contributed by atoms with Crippen LogP contribution in [0.25, 0.3) is 11.3 Å². The van der Waals surface area contributed by atoms with Gasteiger partial charge in [0.1, 0.15) is 11.5 Å². The highest BCUT2D eigenvalue weighted by molar-refractivity contribution is 7.14. The second-order valence-corrected chi connectivity index (χ2v) is 6.95. The average molecular weight is 340 g/mol. The molecule has 0 aliphatic heterocycles. The third-order valence-electron chi connectivity index (χ3n) is 3.94. The zero-order chi connectivity index (χ0) is 17.4. The summed E-state index contributed by atoms with van der Waals surface area (Å²) in [6.07, 6.45) is 0. The lowest BCUT2D eigenvalue weighted by atomic mass is 9.98. The largest absolute Gasteiger partial charge is 0.466 e. The molecular weight excluding hydrogens is 320 g/mol. The number of aromatic nitrogens is 1. The summed E-state index contributed by atoms with van der Waals surface area (Å²) in [5.41, 5.74) is 6.20. The Morgan fingerprint density at radius 1 is 1.08 bits per heavy atom. The van der Waals surface area contributed by atoms with Crippen LogP contribution in [0.1, 0.15) is 38.6 Å². The maximum atomic E-state index is 12.4. The third kappa shape index (κ3) is 3.12. The van der Waals surface area contributed by atoms with Crippen molar-refractivity contribution in [1.82, 2.24) is 4.98 Å². The fourth-order valence-electron chi connectivity index (χ4n) is 3.05. The molecule has 0 aliphatic carbocycles. The van der Waals surface area contributed by atoms with Crippen molar-refractivity contribution in [3.63, 3.8) is 0 Å². The SMILES string of the molecule is Cc1cc(C)c(-c2csc(NC(=O)c3cc(C)oc3C)n2)c(C)c1. The number of hydrogen-bond donors (Lipinski definition) is 1. The Balaban J connectivity index is 1.87. The fraction of sp³-hybridized carbons (Fsp3) is 0.263. The van der Waals surface area contributed by atoms with Gasteiger partial charge < -0.3 is 4.42 Å². The van der Waals surface area contributed by atoms with Crippen LogP contribution in [0.4, 0.5) is 5.13 Å². The van der Waals surface area contributed by atoms with E-state index in [1.165, 1.54) is 28.0 Å². The van der Waals surface area contributed by atoms with Gasteiger partial charge in [-0.15, -0.1) is 11.3 Å². The zero-order valence-electron chi connectivity index (χ0n) is 14.5. The summed E-state index contributed by atoms with van der Waals surface area (Å²) in [4.78, 5) is 17.0. The second-order valence-electron chi connectivity index (χ2n) is 6.09. The number of rotatable bonds is 3. The summed E-state index contributed by atoms with van der Waals surface area (Å²) in [6.45, 7) is 9.88. The molecule has 0 radical (unpaired) electrons. The van der Waals surface area contributed by atoms with Gasteiger partial charge in [-0.05, 0) is 51.8 Å². The van der Waals surface area contributed by atoms with Crippen LogP contribution in [0.2, 0.25) is 0 Å². The summed E-state index contributed by atoms with van der Waals surface area (Å²) < 4.78 is 5.41. The molecule has 0 aliphatic rings. The van der Waals surface area contributed by atoms with Crippen LogP contribution in [0.3, 0.4) is 0 Å². The number of anilines is 1. The Hall–Kier alpha value is -2.40. The molecule has 4 nitrogen and oxygen atoms in total. The molecule has 2 aromatic heterocycles. The maximum Gasteiger partial charge on any atom is 0.260 e. The second kappa shape index (κ2) is 6.24. The Labute approximate surface area is 145 Å². The van der Waals surface area contributed by atoms with Crippen molar-refractivity contribution in [1.29, 1.82) is 0 Å². The topological polar surface area (TPSA) is 55.1 Å². The highest BCUT2D eigenvalue weighted by atomic mass is 32.1. The van der Waals surface area contributed by atoms with E-state index in [0.717, 1.165) is 17.0 Å². The number of furan rings is 1. The summed E-state index contributed by atoms with van der Waals surface area (Å²) >= 11 is 1.43. The maximum absolute atomic E-state index is 12.4. The van der Waals surface area contributed by atoms with Gasteiger partial charge in [0, 0.05) is 10.9 Å². The van der Waals surface area contributed by atoms with Gasteiger partial charge in [-0.1, -0.05) is 17.7 Å². The first-order valence-corrected chi connectivity index (χ1v) is 8.65. The lowest BCUT2D eigenvalue weighted by Gasteiger charge is -2.08. The number of nitrogens with one attached hydrogen (secondary N) is 1. The number of nitrogens with zero attached hydrogens (tertiary/aromatic N) is 1. The highest BCUT2D eigenvalue weighted by Gasteiger charge is 2.16. The average Bonchev–Trinajstić information content (AvgIpc) is 3.04. The number of carbonyl (C=O) groups is 1. The molecule has 3 aromatic rings. The van der Waals surface area contributed by atoms with Crippen LogP contribution >= 0.6 is 11.3 Å². The quantitative estimate of drug-likeness (QED) is 0.713. The van der Waals surface area contributed by atoms with Gasteiger partial charge in [0.25, 0.3) is 5.91 Å². The van der Waals surface area contributed by atoms with E-state index in [4.69, 9.17) is 4.42 Å². The molecule has 0 saturated carbocycles. The molecular formula is C19H20N2O2S. The van der Waals surface area contributed by atoms with E-state index < -0.39 is 0 Å². The number of benzene rings is 1. The molecule has 5 heteroatoms. The van der Waals surface area contributed by atoms with Crippen LogP contribution in [-0.4, -0.2) is 10.9 Å². The van der Waals surface area contributed by atoms with Crippen molar-refractivity contribution in [3.8, 4) is 11.3 Å². The predicted molar refractivity (Wildman–Crippen MR) is 97.9 cm³/mol. The summed E-state index contributed by atoms with van der Waals surface area (Å²) in [6, 6.07) is 6.04. The van der Waals surface area contributed by atoms with Crippen LogP contribution in [0.5, 0.6) is 0 Å². The van der Waals surface area contributed by atoms with Crippen LogP contribution < -0.4 is 5.32 Å². The van der Waals surface area contributed by atoms with Crippen molar-refractivity contribution >= 4 is 22.4 Å². The van der Waals surface area contributed by atoms with Crippen LogP contribution in [0, 0.1) is 34.6 Å². The Morgan fingerprint density at radius 2 is 1.75 bits per heavy atom. The van der Waals surface area contributed by atoms with Gasteiger partial charge in [-0.3, -0.25) is 10.1 Å². The molecule has 2 heterocycles. The minimum absolute atomic E-state index is 0.192.